The van der Waals surface area contributed by atoms with E-state index in [4.69, 9.17) is 0 Å². The molecule has 86 valence electrons. The van der Waals surface area contributed by atoms with Crippen LogP contribution < -0.4 is 10.2 Å². The summed E-state index contributed by atoms with van der Waals surface area (Å²) < 4.78 is 0. The van der Waals surface area contributed by atoms with Crippen molar-refractivity contribution in [3.8, 4) is 0 Å². The van der Waals surface area contributed by atoms with Gasteiger partial charge >= 0.3 is 0 Å². The van der Waals surface area contributed by atoms with Gasteiger partial charge in [-0.1, -0.05) is 0 Å². The van der Waals surface area contributed by atoms with E-state index in [1.54, 1.807) is 0 Å². The van der Waals surface area contributed by atoms with Crippen LogP contribution in [-0.2, 0) is 0 Å². The fraction of sp³-hybridized carbons (Fsp3) is 0.615. The molecule has 2 saturated heterocycles. The summed E-state index contributed by atoms with van der Waals surface area (Å²) in [5.74, 6) is 0. The summed E-state index contributed by atoms with van der Waals surface area (Å²) in [5, 5.41) is 3.41. The average molecular weight is 217 g/mol. The van der Waals surface area contributed by atoms with Crippen molar-refractivity contribution in [2.24, 2.45) is 5.41 Å². The molecule has 3 heteroatoms. The van der Waals surface area contributed by atoms with Crippen LogP contribution in [-0.4, -0.2) is 31.2 Å². The van der Waals surface area contributed by atoms with Crippen LogP contribution in [0.25, 0.3) is 0 Å². The molecule has 2 fully saturated rings. The Balaban J connectivity index is 1.72. The molecule has 1 aromatic heterocycles. The molecule has 2 aliphatic heterocycles. The van der Waals surface area contributed by atoms with Gasteiger partial charge in [-0.15, -0.1) is 0 Å². The lowest BCUT2D eigenvalue weighted by Gasteiger charge is -2.49. The Hall–Kier alpha value is -1.09. The molecule has 1 spiro atoms. The molecular weight excluding hydrogens is 198 g/mol. The molecule has 3 nitrogen and oxygen atoms in total. The second-order valence-corrected chi connectivity index (χ2v) is 5.25. The highest BCUT2D eigenvalue weighted by molar-refractivity contribution is 5.51. The number of hydrogen-bond donors (Lipinski definition) is 1. The van der Waals surface area contributed by atoms with Gasteiger partial charge in [0.25, 0.3) is 0 Å². The summed E-state index contributed by atoms with van der Waals surface area (Å²) in [4.78, 5) is 6.67. The van der Waals surface area contributed by atoms with Gasteiger partial charge in [-0.2, -0.15) is 0 Å². The molecule has 0 amide bonds. The number of aryl methyl sites for hydroxylation is 1. The molecule has 3 rings (SSSR count). The summed E-state index contributed by atoms with van der Waals surface area (Å²) in [6, 6.07) is 2.15. The maximum absolute atomic E-state index is 4.16. The smallest absolute Gasteiger partial charge is 0.0426 e. The second kappa shape index (κ2) is 3.74. The lowest BCUT2D eigenvalue weighted by Crippen LogP contribution is -2.58. The van der Waals surface area contributed by atoms with Gasteiger partial charge in [0.2, 0.25) is 0 Å². The lowest BCUT2D eigenvalue weighted by atomic mass is 9.73. The van der Waals surface area contributed by atoms with Gasteiger partial charge in [-0.25, -0.2) is 0 Å². The predicted molar refractivity (Wildman–Crippen MR) is 65.7 cm³/mol. The van der Waals surface area contributed by atoms with Crippen molar-refractivity contribution in [1.29, 1.82) is 0 Å². The third kappa shape index (κ3) is 1.59. The van der Waals surface area contributed by atoms with E-state index in [0.29, 0.717) is 5.41 Å². The van der Waals surface area contributed by atoms with Crippen LogP contribution in [0.3, 0.4) is 0 Å². The Morgan fingerprint density at radius 2 is 2.06 bits per heavy atom. The van der Waals surface area contributed by atoms with Gasteiger partial charge in [0.15, 0.2) is 0 Å². The summed E-state index contributed by atoms with van der Waals surface area (Å²) in [6.45, 7) is 7.02. The van der Waals surface area contributed by atoms with E-state index >= 15 is 0 Å². The van der Waals surface area contributed by atoms with Gasteiger partial charge < -0.3 is 10.2 Å². The molecule has 1 aromatic rings. The highest BCUT2D eigenvalue weighted by Gasteiger charge is 2.39. The first-order chi connectivity index (χ1) is 7.79. The molecule has 2 aliphatic rings. The number of nitrogens with zero attached hydrogens (tertiary/aromatic N) is 2. The van der Waals surface area contributed by atoms with Crippen LogP contribution >= 0.6 is 0 Å². The van der Waals surface area contributed by atoms with Crippen molar-refractivity contribution in [3.05, 3.63) is 24.0 Å². The zero-order valence-electron chi connectivity index (χ0n) is 9.87. The Bertz CT molecular complexity index is 375. The van der Waals surface area contributed by atoms with Crippen LogP contribution in [0, 0.1) is 12.3 Å². The average Bonchev–Trinajstić information content (AvgIpc) is 2.28. The molecule has 0 radical (unpaired) electrons. The van der Waals surface area contributed by atoms with Crippen LogP contribution in [0.1, 0.15) is 18.4 Å². The molecule has 1 N–H and O–H groups in total. The number of anilines is 1. The topological polar surface area (TPSA) is 28.2 Å². The van der Waals surface area contributed by atoms with E-state index in [2.05, 4.69) is 28.2 Å². The molecular formula is C13H19N3. The first kappa shape index (κ1) is 10.1. The minimum atomic E-state index is 0.636. The first-order valence-corrected chi connectivity index (χ1v) is 6.15. The number of pyridine rings is 1. The van der Waals surface area contributed by atoms with Crippen LogP contribution in [0.4, 0.5) is 5.69 Å². The summed E-state index contributed by atoms with van der Waals surface area (Å²) >= 11 is 0. The highest BCUT2D eigenvalue weighted by atomic mass is 15.2. The minimum Gasteiger partial charge on any atom is -0.371 e. The van der Waals surface area contributed by atoms with E-state index in [-0.39, 0.29) is 0 Å². The normalized spacial score (nSPS) is 23.2. The maximum atomic E-state index is 4.16. The Morgan fingerprint density at radius 3 is 2.62 bits per heavy atom. The van der Waals surface area contributed by atoms with Crippen LogP contribution in [0.5, 0.6) is 0 Å². The third-order valence-electron chi connectivity index (χ3n) is 4.16. The fourth-order valence-corrected chi connectivity index (χ4v) is 2.87. The number of rotatable bonds is 1. The van der Waals surface area contributed by atoms with E-state index in [9.17, 15) is 0 Å². The Morgan fingerprint density at radius 1 is 1.31 bits per heavy atom. The standard InChI is InChI=1S/C13H19N3/c1-11-8-14-5-2-12(11)16-6-3-13(4-7-16)9-15-10-13/h2,5,8,15H,3-4,6-7,9-10H2,1H3. The lowest BCUT2D eigenvalue weighted by molar-refractivity contribution is 0.126. The molecule has 0 aromatic carbocycles. The van der Waals surface area contributed by atoms with Crippen LogP contribution in [0.2, 0.25) is 0 Å². The summed E-state index contributed by atoms with van der Waals surface area (Å²) in [6.07, 6.45) is 6.53. The minimum absolute atomic E-state index is 0.636. The fourth-order valence-electron chi connectivity index (χ4n) is 2.87. The van der Waals surface area contributed by atoms with Gasteiger partial charge in [-0.05, 0) is 36.8 Å². The molecule has 16 heavy (non-hydrogen) atoms. The largest absolute Gasteiger partial charge is 0.371 e. The van der Waals surface area contributed by atoms with Crippen molar-refractivity contribution in [1.82, 2.24) is 10.3 Å². The van der Waals surface area contributed by atoms with Crippen molar-refractivity contribution < 1.29 is 0 Å². The van der Waals surface area contributed by atoms with Gasteiger partial charge in [0.05, 0.1) is 0 Å². The number of piperidine rings is 1. The van der Waals surface area contributed by atoms with Gasteiger partial charge in [0, 0.05) is 44.3 Å². The third-order valence-corrected chi connectivity index (χ3v) is 4.16. The SMILES string of the molecule is Cc1cnccc1N1CCC2(CC1)CNC2. The molecule has 0 bridgehead atoms. The summed E-state index contributed by atoms with van der Waals surface area (Å²) in [5.41, 5.74) is 3.31. The second-order valence-electron chi connectivity index (χ2n) is 5.25. The molecule has 0 atom stereocenters. The molecule has 3 heterocycles. The van der Waals surface area contributed by atoms with Gasteiger partial charge in [-0.3, -0.25) is 4.98 Å². The summed E-state index contributed by atoms with van der Waals surface area (Å²) in [7, 11) is 0. The molecule has 0 saturated carbocycles. The van der Waals surface area contributed by atoms with Gasteiger partial charge in [0.1, 0.15) is 0 Å². The van der Waals surface area contributed by atoms with E-state index in [1.165, 1.54) is 50.3 Å². The number of hydrogen-bond acceptors (Lipinski definition) is 3. The van der Waals surface area contributed by atoms with E-state index < -0.39 is 0 Å². The van der Waals surface area contributed by atoms with Crippen molar-refractivity contribution >= 4 is 5.69 Å². The van der Waals surface area contributed by atoms with Crippen molar-refractivity contribution in [3.63, 3.8) is 0 Å². The zero-order chi connectivity index (χ0) is 11.0. The molecule has 0 aliphatic carbocycles. The monoisotopic (exact) mass is 217 g/mol. The number of aromatic nitrogens is 1. The maximum Gasteiger partial charge on any atom is 0.0426 e. The van der Waals surface area contributed by atoms with E-state index in [0.717, 1.165) is 0 Å². The van der Waals surface area contributed by atoms with Crippen molar-refractivity contribution in [2.45, 2.75) is 19.8 Å². The zero-order valence-corrected chi connectivity index (χ0v) is 9.87. The first-order valence-electron chi connectivity index (χ1n) is 6.15. The quantitative estimate of drug-likeness (QED) is 0.774. The predicted octanol–water partition coefficient (Wildman–Crippen LogP) is 1.58. The van der Waals surface area contributed by atoms with E-state index in [1.807, 2.05) is 12.4 Å². The number of nitrogens with one attached hydrogen (secondary N) is 1. The van der Waals surface area contributed by atoms with Crippen molar-refractivity contribution in [2.75, 3.05) is 31.1 Å². The highest BCUT2D eigenvalue weighted by Crippen LogP contribution is 2.36. The Kier molecular flexibility index (Phi) is 2.36. The van der Waals surface area contributed by atoms with Crippen LogP contribution in [0.15, 0.2) is 18.5 Å². The Labute approximate surface area is 96.9 Å². The molecule has 0 unspecified atom stereocenters.